The fraction of sp³-hybridized carbons (Fsp3) is 0.636. The molecule has 0 amide bonds. The second-order valence-electron chi connectivity index (χ2n) is 8.22. The molecule has 2 aliphatic rings. The standard InChI is InChI=1S/C22H32N2O3S/c1-2-10-28-14-20(23)22(27,21(25)26)13-19-18-12-16(5-3-4-15-6-7-15)11-17(18)8-9-24-19/h5,8-9,15,20,27H,2-4,6-7,10-14,23H2,1H3,(H,25,26)/b16-5+. The van der Waals surface area contributed by atoms with Crippen LogP contribution in [0.15, 0.2) is 23.9 Å². The van der Waals surface area contributed by atoms with Crippen LogP contribution < -0.4 is 5.73 Å². The van der Waals surface area contributed by atoms with Crippen LogP contribution in [0.1, 0.15) is 55.8 Å². The van der Waals surface area contributed by atoms with Gasteiger partial charge in [-0.2, -0.15) is 11.8 Å². The molecule has 154 valence electrons. The Labute approximate surface area is 171 Å². The van der Waals surface area contributed by atoms with Crippen LogP contribution in [-0.4, -0.2) is 44.3 Å². The predicted molar refractivity (Wildman–Crippen MR) is 114 cm³/mol. The second kappa shape index (κ2) is 9.42. The highest BCUT2D eigenvalue weighted by atomic mass is 32.2. The van der Waals surface area contributed by atoms with E-state index in [2.05, 4.69) is 18.0 Å². The Balaban J connectivity index is 1.71. The van der Waals surface area contributed by atoms with E-state index in [1.807, 2.05) is 6.07 Å². The molecule has 4 N–H and O–H groups in total. The van der Waals surface area contributed by atoms with Crippen molar-refractivity contribution in [3.63, 3.8) is 0 Å². The molecule has 28 heavy (non-hydrogen) atoms. The number of pyridine rings is 1. The summed E-state index contributed by atoms with van der Waals surface area (Å²) >= 11 is 1.58. The SMILES string of the molecule is CCCSCC(N)C(O)(Cc1nccc2c1C/C(=C/CCC1CC1)C2)C(=O)O. The number of thioether (sulfide) groups is 1. The first-order valence-electron chi connectivity index (χ1n) is 10.4. The van der Waals surface area contributed by atoms with Crippen LogP contribution in [0.3, 0.4) is 0 Å². The van der Waals surface area contributed by atoms with Gasteiger partial charge >= 0.3 is 5.97 Å². The largest absolute Gasteiger partial charge is 0.479 e. The first-order valence-corrected chi connectivity index (χ1v) is 11.5. The first-order chi connectivity index (χ1) is 13.4. The highest BCUT2D eigenvalue weighted by Gasteiger charge is 2.43. The fourth-order valence-corrected chi connectivity index (χ4v) is 4.82. The van der Waals surface area contributed by atoms with E-state index in [4.69, 9.17) is 5.73 Å². The van der Waals surface area contributed by atoms with Gasteiger partial charge in [-0.05, 0) is 61.0 Å². The van der Waals surface area contributed by atoms with Gasteiger partial charge in [0.2, 0.25) is 0 Å². The number of hydrogen-bond acceptors (Lipinski definition) is 5. The van der Waals surface area contributed by atoms with Gasteiger partial charge < -0.3 is 15.9 Å². The van der Waals surface area contributed by atoms with Crippen molar-refractivity contribution in [1.29, 1.82) is 0 Å². The van der Waals surface area contributed by atoms with E-state index in [9.17, 15) is 15.0 Å². The Hall–Kier alpha value is -1.37. The molecule has 6 heteroatoms. The molecule has 0 saturated heterocycles. The van der Waals surface area contributed by atoms with Crippen LogP contribution in [0.2, 0.25) is 0 Å². The van der Waals surface area contributed by atoms with Crippen molar-refractivity contribution < 1.29 is 15.0 Å². The van der Waals surface area contributed by atoms with Gasteiger partial charge in [0.05, 0.1) is 6.04 Å². The number of aromatic nitrogens is 1. The van der Waals surface area contributed by atoms with Crippen LogP contribution >= 0.6 is 11.8 Å². The molecule has 1 aromatic rings. The molecule has 2 unspecified atom stereocenters. The van der Waals surface area contributed by atoms with E-state index in [0.717, 1.165) is 42.9 Å². The average molecular weight is 405 g/mol. The number of carbonyl (C=O) groups is 1. The van der Waals surface area contributed by atoms with Crippen molar-refractivity contribution in [2.24, 2.45) is 11.7 Å². The van der Waals surface area contributed by atoms with Gasteiger partial charge in [-0.1, -0.05) is 31.4 Å². The zero-order valence-corrected chi connectivity index (χ0v) is 17.5. The molecule has 0 spiro atoms. The number of aliphatic hydroxyl groups is 1. The summed E-state index contributed by atoms with van der Waals surface area (Å²) in [6, 6.07) is 1.17. The van der Waals surface area contributed by atoms with Crippen molar-refractivity contribution in [1.82, 2.24) is 4.98 Å². The van der Waals surface area contributed by atoms with Crippen LogP contribution in [0.25, 0.3) is 0 Å². The minimum absolute atomic E-state index is 0.0469. The van der Waals surface area contributed by atoms with Gasteiger partial charge in [0.15, 0.2) is 5.60 Å². The van der Waals surface area contributed by atoms with Crippen LogP contribution in [0.4, 0.5) is 0 Å². The third-order valence-electron chi connectivity index (χ3n) is 5.83. The number of allylic oxidation sites excluding steroid dienone is 2. The number of nitrogens with zero attached hydrogens (tertiary/aromatic N) is 1. The van der Waals surface area contributed by atoms with E-state index >= 15 is 0 Å². The maximum Gasteiger partial charge on any atom is 0.337 e. The van der Waals surface area contributed by atoms with Crippen LogP contribution in [-0.2, 0) is 24.1 Å². The average Bonchev–Trinajstić information content (AvgIpc) is 3.38. The Morgan fingerprint density at radius 3 is 2.93 bits per heavy atom. The number of rotatable bonds is 11. The number of fused-ring (bicyclic) bond motifs is 1. The zero-order chi connectivity index (χ0) is 20.1. The van der Waals surface area contributed by atoms with Gasteiger partial charge in [0.1, 0.15) is 0 Å². The quantitative estimate of drug-likeness (QED) is 0.387. The number of carboxylic acid groups (broad SMARTS) is 1. The summed E-state index contributed by atoms with van der Waals surface area (Å²) in [5.41, 5.74) is 8.45. The molecule has 1 heterocycles. The smallest absolute Gasteiger partial charge is 0.337 e. The summed E-state index contributed by atoms with van der Waals surface area (Å²) in [6.07, 6.45) is 11.9. The molecule has 0 aliphatic heterocycles. The van der Waals surface area contributed by atoms with Gasteiger partial charge in [-0.3, -0.25) is 4.98 Å². The highest BCUT2D eigenvalue weighted by Crippen LogP contribution is 2.35. The molecule has 5 nitrogen and oxygen atoms in total. The molecular formula is C22H32N2O3S. The monoisotopic (exact) mass is 404 g/mol. The lowest BCUT2D eigenvalue weighted by Gasteiger charge is -2.30. The van der Waals surface area contributed by atoms with Gasteiger partial charge in [-0.25, -0.2) is 4.79 Å². The molecule has 2 aliphatic carbocycles. The number of nitrogens with two attached hydrogens (primary N) is 1. The molecular weight excluding hydrogens is 372 g/mol. The highest BCUT2D eigenvalue weighted by molar-refractivity contribution is 7.99. The van der Waals surface area contributed by atoms with E-state index < -0.39 is 17.6 Å². The summed E-state index contributed by atoms with van der Waals surface area (Å²) in [6.45, 7) is 2.06. The van der Waals surface area contributed by atoms with Crippen LogP contribution in [0, 0.1) is 5.92 Å². The predicted octanol–water partition coefficient (Wildman–Crippen LogP) is 3.13. The van der Waals surface area contributed by atoms with Crippen molar-refractivity contribution in [3.05, 3.63) is 40.7 Å². The topological polar surface area (TPSA) is 96.4 Å². The minimum Gasteiger partial charge on any atom is -0.479 e. The lowest BCUT2D eigenvalue weighted by atomic mass is 9.88. The fourth-order valence-electron chi connectivity index (χ4n) is 3.84. The Morgan fingerprint density at radius 2 is 2.25 bits per heavy atom. The Bertz CT molecular complexity index is 732. The van der Waals surface area contributed by atoms with E-state index in [1.54, 1.807) is 18.0 Å². The van der Waals surface area contributed by atoms with E-state index in [0.29, 0.717) is 11.4 Å². The minimum atomic E-state index is -2.00. The Kier molecular flexibility index (Phi) is 7.18. The third kappa shape index (κ3) is 5.16. The summed E-state index contributed by atoms with van der Waals surface area (Å²) in [5.74, 6) is 0.972. The number of hydrogen-bond donors (Lipinski definition) is 3. The molecule has 0 aromatic carbocycles. The summed E-state index contributed by atoms with van der Waals surface area (Å²) in [5, 5.41) is 20.6. The lowest BCUT2D eigenvalue weighted by Crippen LogP contribution is -2.57. The number of aliphatic carboxylic acids is 1. The first kappa shape index (κ1) is 21.3. The summed E-state index contributed by atoms with van der Waals surface area (Å²) in [4.78, 5) is 16.3. The maximum absolute atomic E-state index is 11.9. The molecule has 1 aromatic heterocycles. The van der Waals surface area contributed by atoms with E-state index in [1.165, 1.54) is 30.4 Å². The van der Waals surface area contributed by atoms with E-state index in [-0.39, 0.29) is 6.42 Å². The molecule has 0 radical (unpaired) electrons. The maximum atomic E-state index is 11.9. The summed E-state index contributed by atoms with van der Waals surface area (Å²) in [7, 11) is 0. The zero-order valence-electron chi connectivity index (χ0n) is 16.7. The molecule has 0 bridgehead atoms. The van der Waals surface area contributed by atoms with Crippen molar-refractivity contribution in [3.8, 4) is 0 Å². The summed E-state index contributed by atoms with van der Waals surface area (Å²) < 4.78 is 0. The normalized spacial score (nSPS) is 20.8. The third-order valence-corrected chi connectivity index (χ3v) is 7.13. The van der Waals surface area contributed by atoms with Crippen LogP contribution in [0.5, 0.6) is 0 Å². The van der Waals surface area contributed by atoms with Crippen molar-refractivity contribution >= 4 is 17.7 Å². The molecule has 2 atom stereocenters. The van der Waals surface area contributed by atoms with Crippen molar-refractivity contribution in [2.45, 2.75) is 69.9 Å². The van der Waals surface area contributed by atoms with Crippen molar-refractivity contribution in [2.75, 3.05) is 11.5 Å². The molecule has 1 saturated carbocycles. The molecule has 3 rings (SSSR count). The van der Waals surface area contributed by atoms with Gasteiger partial charge in [-0.15, -0.1) is 0 Å². The lowest BCUT2D eigenvalue weighted by molar-refractivity contribution is -0.160. The molecule has 1 fully saturated rings. The van der Waals surface area contributed by atoms with Gasteiger partial charge in [0, 0.05) is 24.1 Å². The number of carboxylic acids is 1. The van der Waals surface area contributed by atoms with Gasteiger partial charge in [0.25, 0.3) is 0 Å². The Morgan fingerprint density at radius 1 is 1.46 bits per heavy atom. The second-order valence-corrected chi connectivity index (χ2v) is 9.37.